The zero-order chi connectivity index (χ0) is 18.9. The Balaban J connectivity index is 1.82. The molecule has 0 aliphatic heterocycles. The molecule has 0 saturated heterocycles. The van der Waals surface area contributed by atoms with Gasteiger partial charge in [-0.25, -0.2) is 4.79 Å². The summed E-state index contributed by atoms with van der Waals surface area (Å²) in [4.78, 5) is 13.0. The molecule has 2 rings (SSSR count). The number of thioether (sulfide) groups is 1. The normalized spacial score (nSPS) is 10.3. The van der Waals surface area contributed by atoms with Crippen molar-refractivity contribution in [1.29, 1.82) is 0 Å². The zero-order valence-electron chi connectivity index (χ0n) is 14.7. The van der Waals surface area contributed by atoms with Crippen LogP contribution in [0.5, 0.6) is 0 Å². The number of aryl methyl sites for hydroxylation is 1. The highest BCUT2D eigenvalue weighted by Crippen LogP contribution is 2.20. The molecule has 0 bridgehead atoms. The molecule has 138 valence electrons. The van der Waals surface area contributed by atoms with Gasteiger partial charge in [-0.3, -0.25) is 0 Å². The van der Waals surface area contributed by atoms with Crippen LogP contribution in [0.1, 0.15) is 22.8 Å². The maximum Gasteiger partial charge on any atom is 0.338 e. The van der Waals surface area contributed by atoms with Gasteiger partial charge in [0.25, 0.3) is 0 Å². The minimum Gasteiger partial charge on any atom is -0.462 e. The standard InChI is InChI=1S/C19H21ClN2O2S2/c1-3-24-18(23)14-5-4-13(2)17(12-14)22-19(25)21-10-11-26-16-8-6-15(20)7-9-16/h4-9,12H,3,10-11H2,1-2H3,(H2,21,22,25). The smallest absolute Gasteiger partial charge is 0.338 e. The van der Waals surface area contributed by atoms with Crippen LogP contribution < -0.4 is 10.6 Å². The van der Waals surface area contributed by atoms with Crippen LogP contribution in [0.2, 0.25) is 5.02 Å². The lowest BCUT2D eigenvalue weighted by molar-refractivity contribution is 0.0526. The lowest BCUT2D eigenvalue weighted by Gasteiger charge is -2.13. The van der Waals surface area contributed by atoms with Crippen molar-refractivity contribution in [2.75, 3.05) is 24.2 Å². The van der Waals surface area contributed by atoms with Crippen LogP contribution >= 0.6 is 35.6 Å². The van der Waals surface area contributed by atoms with E-state index in [1.165, 1.54) is 0 Å². The number of hydrogen-bond acceptors (Lipinski definition) is 4. The fourth-order valence-electron chi connectivity index (χ4n) is 2.13. The lowest BCUT2D eigenvalue weighted by Crippen LogP contribution is -2.30. The molecule has 2 aromatic carbocycles. The van der Waals surface area contributed by atoms with Gasteiger partial charge >= 0.3 is 5.97 Å². The molecule has 0 heterocycles. The molecule has 0 saturated carbocycles. The molecular formula is C19H21ClN2O2S2. The van der Waals surface area contributed by atoms with Crippen LogP contribution in [-0.4, -0.2) is 30.0 Å². The molecule has 26 heavy (non-hydrogen) atoms. The van der Waals surface area contributed by atoms with E-state index in [0.29, 0.717) is 17.3 Å². The van der Waals surface area contributed by atoms with E-state index in [2.05, 4.69) is 10.6 Å². The van der Waals surface area contributed by atoms with E-state index in [1.54, 1.807) is 30.8 Å². The van der Waals surface area contributed by atoms with Gasteiger partial charge in [0.1, 0.15) is 0 Å². The first-order valence-corrected chi connectivity index (χ1v) is 9.97. The Hall–Kier alpha value is -1.76. The highest BCUT2D eigenvalue weighted by atomic mass is 35.5. The molecule has 0 fully saturated rings. The summed E-state index contributed by atoms with van der Waals surface area (Å²) in [5.41, 5.74) is 2.29. The molecule has 4 nitrogen and oxygen atoms in total. The summed E-state index contributed by atoms with van der Waals surface area (Å²) in [6, 6.07) is 13.1. The predicted octanol–water partition coefficient (Wildman–Crippen LogP) is 4.90. The molecular weight excluding hydrogens is 388 g/mol. The summed E-state index contributed by atoms with van der Waals surface area (Å²) in [6.45, 7) is 4.80. The monoisotopic (exact) mass is 408 g/mol. The van der Waals surface area contributed by atoms with Crippen molar-refractivity contribution in [3.63, 3.8) is 0 Å². The molecule has 0 aromatic heterocycles. The first-order chi connectivity index (χ1) is 12.5. The number of halogens is 1. The zero-order valence-corrected chi connectivity index (χ0v) is 17.1. The highest BCUT2D eigenvalue weighted by molar-refractivity contribution is 7.99. The van der Waals surface area contributed by atoms with Crippen molar-refractivity contribution in [2.45, 2.75) is 18.7 Å². The van der Waals surface area contributed by atoms with E-state index in [0.717, 1.165) is 33.5 Å². The third-order valence-electron chi connectivity index (χ3n) is 3.47. The van der Waals surface area contributed by atoms with Crippen LogP contribution in [0.4, 0.5) is 5.69 Å². The number of ether oxygens (including phenoxy) is 1. The first-order valence-electron chi connectivity index (χ1n) is 8.20. The van der Waals surface area contributed by atoms with Crippen molar-refractivity contribution in [3.8, 4) is 0 Å². The summed E-state index contributed by atoms with van der Waals surface area (Å²) >= 11 is 12.9. The molecule has 2 N–H and O–H groups in total. The Bertz CT molecular complexity index is 767. The number of esters is 1. The second kappa shape index (κ2) is 10.4. The molecule has 0 radical (unpaired) electrons. The summed E-state index contributed by atoms with van der Waals surface area (Å²) in [7, 11) is 0. The number of rotatable bonds is 7. The number of carbonyl (C=O) groups is 1. The van der Waals surface area contributed by atoms with Gasteiger partial charge in [-0.15, -0.1) is 11.8 Å². The Kier molecular flexibility index (Phi) is 8.22. The van der Waals surface area contributed by atoms with Crippen molar-refractivity contribution in [3.05, 3.63) is 58.6 Å². The summed E-state index contributed by atoms with van der Waals surface area (Å²) in [6.07, 6.45) is 0. The maximum absolute atomic E-state index is 11.9. The molecule has 0 aliphatic carbocycles. The second-order valence-electron chi connectivity index (χ2n) is 5.43. The molecule has 0 aliphatic rings. The van der Waals surface area contributed by atoms with E-state index in [9.17, 15) is 4.79 Å². The Morgan fingerprint density at radius 1 is 1.23 bits per heavy atom. The number of anilines is 1. The van der Waals surface area contributed by atoms with Crippen molar-refractivity contribution < 1.29 is 9.53 Å². The summed E-state index contributed by atoms with van der Waals surface area (Å²) < 4.78 is 5.03. The minimum absolute atomic E-state index is 0.339. The van der Waals surface area contributed by atoms with E-state index in [-0.39, 0.29) is 5.97 Å². The first kappa shape index (κ1) is 20.6. The number of nitrogens with one attached hydrogen (secondary N) is 2. The largest absolute Gasteiger partial charge is 0.462 e. The van der Waals surface area contributed by atoms with Crippen LogP contribution in [-0.2, 0) is 4.74 Å². The van der Waals surface area contributed by atoms with Gasteiger partial charge in [0.15, 0.2) is 5.11 Å². The molecule has 7 heteroatoms. The maximum atomic E-state index is 11.9. The lowest BCUT2D eigenvalue weighted by atomic mass is 10.1. The highest BCUT2D eigenvalue weighted by Gasteiger charge is 2.09. The second-order valence-corrected chi connectivity index (χ2v) is 7.45. The van der Waals surface area contributed by atoms with E-state index < -0.39 is 0 Å². The number of hydrogen-bond donors (Lipinski definition) is 2. The molecule has 0 amide bonds. The number of carbonyl (C=O) groups excluding carboxylic acids is 1. The Labute approximate surface area is 168 Å². The third-order valence-corrected chi connectivity index (χ3v) is 4.98. The van der Waals surface area contributed by atoms with Crippen LogP contribution in [0.15, 0.2) is 47.4 Å². The van der Waals surface area contributed by atoms with Gasteiger partial charge in [0.05, 0.1) is 12.2 Å². The van der Waals surface area contributed by atoms with Crippen molar-refractivity contribution in [1.82, 2.24) is 5.32 Å². The molecule has 0 atom stereocenters. The third kappa shape index (κ3) is 6.52. The van der Waals surface area contributed by atoms with E-state index in [4.69, 9.17) is 28.6 Å². The van der Waals surface area contributed by atoms with Gasteiger partial charge in [-0.05, 0) is 68.0 Å². The molecule has 2 aromatic rings. The van der Waals surface area contributed by atoms with E-state index >= 15 is 0 Å². The quantitative estimate of drug-likeness (QED) is 0.294. The minimum atomic E-state index is -0.339. The topological polar surface area (TPSA) is 50.4 Å². The van der Waals surface area contributed by atoms with Gasteiger partial charge in [-0.2, -0.15) is 0 Å². The Morgan fingerprint density at radius 2 is 1.96 bits per heavy atom. The molecule has 0 unspecified atom stereocenters. The average Bonchev–Trinajstić information content (AvgIpc) is 2.62. The average molecular weight is 409 g/mol. The van der Waals surface area contributed by atoms with E-state index in [1.807, 2.05) is 37.3 Å². The van der Waals surface area contributed by atoms with Crippen LogP contribution in [0.25, 0.3) is 0 Å². The van der Waals surface area contributed by atoms with Gasteiger partial charge in [-0.1, -0.05) is 17.7 Å². The number of benzene rings is 2. The summed E-state index contributed by atoms with van der Waals surface area (Å²) in [5.74, 6) is 0.527. The van der Waals surface area contributed by atoms with Crippen molar-refractivity contribution in [2.24, 2.45) is 0 Å². The SMILES string of the molecule is CCOC(=O)c1ccc(C)c(NC(=S)NCCSc2ccc(Cl)cc2)c1. The molecule has 0 spiro atoms. The van der Waals surface area contributed by atoms with Crippen LogP contribution in [0, 0.1) is 6.92 Å². The summed E-state index contributed by atoms with van der Waals surface area (Å²) in [5, 5.41) is 7.56. The fourth-order valence-corrected chi connectivity index (χ4v) is 3.24. The van der Waals surface area contributed by atoms with Crippen molar-refractivity contribution >= 4 is 52.3 Å². The van der Waals surface area contributed by atoms with Gasteiger partial charge < -0.3 is 15.4 Å². The number of thiocarbonyl (C=S) groups is 1. The fraction of sp³-hybridized carbons (Fsp3) is 0.263. The van der Waals surface area contributed by atoms with Gasteiger partial charge in [0.2, 0.25) is 0 Å². The van der Waals surface area contributed by atoms with Crippen LogP contribution in [0.3, 0.4) is 0 Å². The van der Waals surface area contributed by atoms with Gasteiger partial charge in [0, 0.05) is 27.9 Å². The Morgan fingerprint density at radius 3 is 2.65 bits per heavy atom. The predicted molar refractivity (Wildman–Crippen MR) is 114 cm³/mol.